The largest absolute Gasteiger partial charge is 0.477 e. The number of hydrogen-bond donors (Lipinski definition) is 1. The quantitative estimate of drug-likeness (QED) is 0.387. The number of hydrogen-bond acceptors (Lipinski definition) is 5. The molecule has 2 heterocycles. The highest BCUT2D eigenvalue weighted by Gasteiger charge is 2.24. The summed E-state index contributed by atoms with van der Waals surface area (Å²) in [5.74, 6) is 1.43. The van der Waals surface area contributed by atoms with Crippen molar-refractivity contribution in [2.24, 2.45) is 11.1 Å². The average Bonchev–Trinajstić information content (AvgIpc) is 2.69. The minimum Gasteiger partial charge on any atom is -0.477 e. The maximum Gasteiger partial charge on any atom is 0.224 e. The molecule has 1 aliphatic rings. The van der Waals surface area contributed by atoms with E-state index in [0.717, 1.165) is 31.7 Å². The van der Waals surface area contributed by atoms with Gasteiger partial charge in [-0.15, -0.1) is 0 Å². The third kappa shape index (κ3) is 4.25. The molecule has 1 fully saturated rings. The molecule has 0 amide bonds. The Labute approximate surface area is 154 Å². The predicted octanol–water partition coefficient (Wildman–Crippen LogP) is 3.07. The summed E-state index contributed by atoms with van der Waals surface area (Å²) in [5, 5.41) is 13.2. The first-order chi connectivity index (χ1) is 12.7. The molecular weight excluding hydrogens is 328 g/mol. The smallest absolute Gasteiger partial charge is 0.224 e. The Hall–Kier alpha value is -2.76. The molecule has 1 aliphatic heterocycles. The lowest BCUT2D eigenvalue weighted by atomic mass is 10.2. The van der Waals surface area contributed by atoms with Crippen LogP contribution in [0.4, 0.5) is 5.69 Å². The molecule has 0 spiro atoms. The van der Waals surface area contributed by atoms with Crippen LogP contribution >= 0.6 is 0 Å². The molecule has 1 aromatic carbocycles. The van der Waals surface area contributed by atoms with E-state index >= 15 is 0 Å². The van der Waals surface area contributed by atoms with Crippen molar-refractivity contribution in [1.29, 1.82) is 0 Å². The first-order valence-corrected chi connectivity index (χ1v) is 9.04. The molecule has 0 bridgehead atoms. The second-order valence-electron chi connectivity index (χ2n) is 6.79. The van der Waals surface area contributed by atoms with E-state index in [1.807, 2.05) is 18.2 Å². The molecule has 26 heavy (non-hydrogen) atoms. The van der Waals surface area contributed by atoms with Crippen LogP contribution in [-0.4, -0.2) is 53.7 Å². The third-order valence-corrected chi connectivity index (χ3v) is 4.36. The molecule has 1 N–H and O–H groups in total. The van der Waals surface area contributed by atoms with E-state index in [-0.39, 0.29) is 0 Å². The topological polar surface area (TPSA) is 61.2 Å². The highest BCUT2D eigenvalue weighted by Crippen LogP contribution is 2.21. The summed E-state index contributed by atoms with van der Waals surface area (Å²) in [7, 11) is 0. The van der Waals surface area contributed by atoms with Gasteiger partial charge in [0, 0.05) is 38.1 Å². The molecule has 6 nitrogen and oxygen atoms in total. The highest BCUT2D eigenvalue weighted by molar-refractivity contribution is 6.00. The summed E-state index contributed by atoms with van der Waals surface area (Å²) >= 11 is 0. The van der Waals surface area contributed by atoms with E-state index in [1.54, 1.807) is 6.20 Å². The van der Waals surface area contributed by atoms with Gasteiger partial charge in [-0.05, 0) is 30.2 Å². The van der Waals surface area contributed by atoms with Crippen molar-refractivity contribution in [1.82, 2.24) is 9.88 Å². The predicted molar refractivity (Wildman–Crippen MR) is 103 cm³/mol. The van der Waals surface area contributed by atoms with Gasteiger partial charge in [0.2, 0.25) is 5.88 Å². The van der Waals surface area contributed by atoms with Gasteiger partial charge in [0.15, 0.2) is 5.84 Å². The summed E-state index contributed by atoms with van der Waals surface area (Å²) in [5.41, 5.74) is 1.95. The molecule has 3 rings (SSSR count). The van der Waals surface area contributed by atoms with Crippen molar-refractivity contribution in [2.75, 3.05) is 37.7 Å². The molecule has 0 unspecified atom stereocenters. The number of anilines is 1. The van der Waals surface area contributed by atoms with Crippen LogP contribution < -0.4 is 9.64 Å². The second-order valence-corrected chi connectivity index (χ2v) is 6.79. The number of pyridine rings is 1. The summed E-state index contributed by atoms with van der Waals surface area (Å²) in [6.07, 6.45) is 1.70. The summed E-state index contributed by atoms with van der Waals surface area (Å²) in [6, 6.07) is 14.1. The van der Waals surface area contributed by atoms with Crippen molar-refractivity contribution in [3.8, 4) is 5.88 Å². The number of ether oxygens (including phenoxy) is 1. The highest BCUT2D eigenvalue weighted by atomic mass is 16.5. The fraction of sp³-hybridized carbons (Fsp3) is 0.400. The van der Waals surface area contributed by atoms with Gasteiger partial charge in [0.05, 0.1) is 12.2 Å². The Bertz CT molecular complexity index is 726. The van der Waals surface area contributed by atoms with E-state index in [1.165, 1.54) is 5.69 Å². The van der Waals surface area contributed by atoms with Crippen molar-refractivity contribution in [3.05, 3.63) is 54.2 Å². The van der Waals surface area contributed by atoms with Gasteiger partial charge in [-0.25, -0.2) is 4.98 Å². The number of para-hydroxylation sites is 1. The molecule has 1 saturated heterocycles. The van der Waals surface area contributed by atoms with Gasteiger partial charge in [-0.2, -0.15) is 0 Å². The molecule has 2 aromatic rings. The lowest BCUT2D eigenvalue weighted by Crippen LogP contribution is -2.49. The number of benzene rings is 1. The van der Waals surface area contributed by atoms with Crippen LogP contribution in [-0.2, 0) is 0 Å². The van der Waals surface area contributed by atoms with Crippen LogP contribution in [0.1, 0.15) is 19.4 Å². The van der Waals surface area contributed by atoms with Crippen molar-refractivity contribution < 1.29 is 9.94 Å². The van der Waals surface area contributed by atoms with Crippen LogP contribution in [0.15, 0.2) is 53.8 Å². The van der Waals surface area contributed by atoms with E-state index in [4.69, 9.17) is 4.74 Å². The molecule has 0 atom stereocenters. The zero-order valence-electron chi connectivity index (χ0n) is 15.4. The van der Waals surface area contributed by atoms with Crippen LogP contribution in [0, 0.1) is 5.92 Å². The zero-order chi connectivity index (χ0) is 18.4. The standard InChI is InChI=1S/C20H26N4O2/c1-16(2)15-26-20-18(9-6-10-21-20)19(22-25)24-13-11-23(12-14-24)17-7-4-3-5-8-17/h3-10,16,25H,11-15H2,1-2H3/b22-19-. The van der Waals surface area contributed by atoms with Gasteiger partial charge < -0.3 is 19.7 Å². The Morgan fingerprint density at radius 2 is 1.85 bits per heavy atom. The minimum atomic E-state index is 0.397. The number of oxime groups is 1. The number of rotatable bonds is 5. The van der Waals surface area contributed by atoms with Crippen LogP contribution in [0.3, 0.4) is 0 Å². The monoisotopic (exact) mass is 354 g/mol. The number of piperazine rings is 1. The minimum absolute atomic E-state index is 0.397. The van der Waals surface area contributed by atoms with Crippen LogP contribution in [0.25, 0.3) is 0 Å². The van der Waals surface area contributed by atoms with Crippen LogP contribution in [0.2, 0.25) is 0 Å². The van der Waals surface area contributed by atoms with Gasteiger partial charge in [-0.1, -0.05) is 37.2 Å². The van der Waals surface area contributed by atoms with E-state index in [2.05, 4.69) is 58.1 Å². The Kier molecular flexibility index (Phi) is 5.94. The Morgan fingerprint density at radius 3 is 2.50 bits per heavy atom. The summed E-state index contributed by atoms with van der Waals surface area (Å²) in [4.78, 5) is 8.75. The average molecular weight is 354 g/mol. The fourth-order valence-corrected chi connectivity index (χ4v) is 3.02. The second kappa shape index (κ2) is 8.56. The van der Waals surface area contributed by atoms with Crippen molar-refractivity contribution >= 4 is 11.5 Å². The molecule has 0 aliphatic carbocycles. The van der Waals surface area contributed by atoms with Gasteiger partial charge in [0.1, 0.15) is 0 Å². The Morgan fingerprint density at radius 1 is 1.12 bits per heavy atom. The van der Waals surface area contributed by atoms with Gasteiger partial charge in [0.25, 0.3) is 0 Å². The van der Waals surface area contributed by atoms with Crippen molar-refractivity contribution in [2.45, 2.75) is 13.8 Å². The van der Waals surface area contributed by atoms with Gasteiger partial charge in [-0.3, -0.25) is 0 Å². The molecule has 0 radical (unpaired) electrons. The maximum atomic E-state index is 9.67. The SMILES string of the molecule is CC(C)COc1ncccc1/C(=N/O)N1CCN(c2ccccc2)CC1. The van der Waals surface area contributed by atoms with Crippen molar-refractivity contribution in [3.63, 3.8) is 0 Å². The van der Waals surface area contributed by atoms with Crippen LogP contribution in [0.5, 0.6) is 5.88 Å². The first kappa shape index (κ1) is 18.0. The maximum absolute atomic E-state index is 9.67. The van der Waals surface area contributed by atoms with E-state index in [9.17, 15) is 5.21 Å². The molecule has 138 valence electrons. The molecule has 6 heteroatoms. The lowest BCUT2D eigenvalue weighted by Gasteiger charge is -2.37. The third-order valence-electron chi connectivity index (χ3n) is 4.36. The first-order valence-electron chi connectivity index (χ1n) is 9.04. The molecular formula is C20H26N4O2. The number of amidine groups is 1. The van der Waals surface area contributed by atoms with E-state index in [0.29, 0.717) is 24.2 Å². The summed E-state index contributed by atoms with van der Waals surface area (Å²) in [6.45, 7) is 8.03. The van der Waals surface area contributed by atoms with Gasteiger partial charge >= 0.3 is 0 Å². The normalized spacial score (nSPS) is 15.4. The number of nitrogens with zero attached hydrogens (tertiary/aromatic N) is 4. The Balaban J connectivity index is 1.71. The summed E-state index contributed by atoms with van der Waals surface area (Å²) < 4.78 is 5.82. The lowest BCUT2D eigenvalue weighted by molar-refractivity contribution is 0.258. The number of aromatic nitrogens is 1. The zero-order valence-corrected chi connectivity index (χ0v) is 15.4. The van der Waals surface area contributed by atoms with E-state index < -0.39 is 0 Å². The fourth-order valence-electron chi connectivity index (χ4n) is 3.02. The molecule has 0 saturated carbocycles. The molecule has 1 aromatic heterocycles.